The van der Waals surface area contributed by atoms with E-state index in [1.54, 1.807) is 20.4 Å². The third-order valence-corrected chi connectivity index (χ3v) is 4.68. The molecule has 0 radical (unpaired) electrons. The normalized spacial score (nSPS) is 16.7. The average Bonchev–Trinajstić information content (AvgIpc) is 3.39. The number of nitrogens with zero attached hydrogens (tertiary/aromatic N) is 3. The van der Waals surface area contributed by atoms with Crippen LogP contribution in [-0.2, 0) is 16.1 Å². The summed E-state index contributed by atoms with van der Waals surface area (Å²) in [6, 6.07) is 8.01. The zero-order valence-electron chi connectivity index (χ0n) is 17.3. The summed E-state index contributed by atoms with van der Waals surface area (Å²) in [6.07, 6.45) is 3.89. The smallest absolute Gasteiger partial charge is 0.241 e. The standard InChI is InChI=1S/C21H29N5O3/c1-15-6-8-16(9-7-15)20-25-17(14-29-20)11-22-21(24-13-19(27)26(2)3)23-12-18-5-4-10-28-18/h6-9,14,18H,4-5,10-13H2,1-3H3,(H2,22,23,24). The Balaban J connectivity index is 1.62. The van der Waals surface area contributed by atoms with Gasteiger partial charge in [0.25, 0.3) is 0 Å². The van der Waals surface area contributed by atoms with Crippen LogP contribution < -0.4 is 10.6 Å². The molecule has 2 N–H and O–H groups in total. The van der Waals surface area contributed by atoms with Crippen LogP contribution in [0, 0.1) is 6.92 Å². The second kappa shape index (κ2) is 10.1. The molecule has 1 amide bonds. The van der Waals surface area contributed by atoms with E-state index >= 15 is 0 Å². The molecule has 1 aliphatic heterocycles. The van der Waals surface area contributed by atoms with Gasteiger partial charge in [-0.2, -0.15) is 0 Å². The lowest BCUT2D eigenvalue weighted by Gasteiger charge is -2.16. The zero-order valence-corrected chi connectivity index (χ0v) is 17.3. The maximum absolute atomic E-state index is 11.9. The number of benzene rings is 1. The molecule has 0 aliphatic carbocycles. The minimum absolute atomic E-state index is 0.0280. The largest absolute Gasteiger partial charge is 0.444 e. The fourth-order valence-electron chi connectivity index (χ4n) is 2.88. The van der Waals surface area contributed by atoms with Crippen molar-refractivity contribution in [1.29, 1.82) is 0 Å². The second-order valence-corrected chi connectivity index (χ2v) is 7.33. The van der Waals surface area contributed by atoms with Crippen LogP contribution in [-0.4, -0.2) is 61.6 Å². The van der Waals surface area contributed by atoms with Gasteiger partial charge in [0.1, 0.15) is 12.0 Å². The van der Waals surface area contributed by atoms with E-state index in [0.717, 1.165) is 30.7 Å². The summed E-state index contributed by atoms with van der Waals surface area (Å²) in [4.78, 5) is 22.5. The Hall–Kier alpha value is -2.87. The van der Waals surface area contributed by atoms with Crippen LogP contribution in [0.4, 0.5) is 0 Å². The van der Waals surface area contributed by atoms with Crippen LogP contribution in [0.15, 0.2) is 39.9 Å². The predicted octanol–water partition coefficient (Wildman–Crippen LogP) is 1.95. The molecule has 1 atom stereocenters. The minimum Gasteiger partial charge on any atom is -0.444 e. The van der Waals surface area contributed by atoms with Crippen molar-refractivity contribution in [2.45, 2.75) is 32.4 Å². The van der Waals surface area contributed by atoms with E-state index in [0.29, 0.717) is 24.9 Å². The highest BCUT2D eigenvalue weighted by molar-refractivity contribution is 5.86. The highest BCUT2D eigenvalue weighted by atomic mass is 16.5. The quantitative estimate of drug-likeness (QED) is 0.546. The van der Waals surface area contributed by atoms with E-state index in [-0.39, 0.29) is 18.6 Å². The van der Waals surface area contributed by atoms with Crippen molar-refractivity contribution in [3.8, 4) is 11.5 Å². The van der Waals surface area contributed by atoms with Gasteiger partial charge < -0.3 is 24.7 Å². The molecule has 29 heavy (non-hydrogen) atoms. The number of ether oxygens (including phenoxy) is 1. The van der Waals surface area contributed by atoms with Crippen LogP contribution in [0.5, 0.6) is 0 Å². The van der Waals surface area contributed by atoms with Gasteiger partial charge in [-0.15, -0.1) is 0 Å². The lowest BCUT2D eigenvalue weighted by molar-refractivity contribution is -0.127. The molecule has 0 bridgehead atoms. The molecule has 1 fully saturated rings. The van der Waals surface area contributed by atoms with Crippen molar-refractivity contribution in [3.05, 3.63) is 41.8 Å². The van der Waals surface area contributed by atoms with Crippen LogP contribution in [0.3, 0.4) is 0 Å². The number of aromatic nitrogens is 1. The number of oxazole rings is 1. The third kappa shape index (κ3) is 6.32. The Morgan fingerprint density at radius 2 is 2.07 bits per heavy atom. The highest BCUT2D eigenvalue weighted by Gasteiger charge is 2.16. The molecule has 1 unspecified atom stereocenters. The number of carbonyl (C=O) groups excluding carboxylic acids is 1. The molecule has 1 aliphatic rings. The Labute approximate surface area is 171 Å². The first kappa shape index (κ1) is 20.9. The van der Waals surface area contributed by atoms with E-state index < -0.39 is 0 Å². The Morgan fingerprint density at radius 3 is 2.76 bits per heavy atom. The minimum atomic E-state index is -0.0280. The molecule has 1 aromatic heterocycles. The van der Waals surface area contributed by atoms with Gasteiger partial charge in [0.2, 0.25) is 11.8 Å². The number of likely N-dealkylation sites (N-methyl/N-ethyl adjacent to an activating group) is 1. The maximum atomic E-state index is 11.9. The van der Waals surface area contributed by atoms with Gasteiger partial charge in [-0.05, 0) is 31.9 Å². The van der Waals surface area contributed by atoms with E-state index in [2.05, 4.69) is 20.6 Å². The topological polar surface area (TPSA) is 92.0 Å². The first-order valence-corrected chi connectivity index (χ1v) is 9.86. The summed E-state index contributed by atoms with van der Waals surface area (Å²) in [5.74, 6) is 1.09. The van der Waals surface area contributed by atoms with Crippen molar-refractivity contribution in [2.24, 2.45) is 4.99 Å². The summed E-state index contributed by atoms with van der Waals surface area (Å²) < 4.78 is 11.2. The molecular weight excluding hydrogens is 370 g/mol. The third-order valence-electron chi connectivity index (χ3n) is 4.68. The van der Waals surface area contributed by atoms with Crippen molar-refractivity contribution < 1.29 is 13.9 Å². The number of amides is 1. The predicted molar refractivity (Wildman–Crippen MR) is 111 cm³/mol. The number of hydrogen-bond acceptors (Lipinski definition) is 5. The number of rotatable bonds is 7. The number of nitrogens with one attached hydrogen (secondary N) is 2. The number of guanidine groups is 1. The Bertz CT molecular complexity index is 823. The summed E-state index contributed by atoms with van der Waals surface area (Å²) in [5.41, 5.74) is 2.83. The fraction of sp³-hybridized carbons (Fsp3) is 0.476. The zero-order chi connectivity index (χ0) is 20.6. The van der Waals surface area contributed by atoms with Crippen molar-refractivity contribution in [1.82, 2.24) is 20.5 Å². The molecule has 2 aromatic rings. The Kier molecular flexibility index (Phi) is 7.24. The number of aliphatic imine (C=N–C) groups is 1. The summed E-state index contributed by atoms with van der Waals surface area (Å²) >= 11 is 0. The lowest BCUT2D eigenvalue weighted by atomic mass is 10.1. The second-order valence-electron chi connectivity index (χ2n) is 7.33. The molecule has 156 valence electrons. The van der Waals surface area contributed by atoms with E-state index in [9.17, 15) is 4.79 Å². The molecule has 0 saturated carbocycles. The van der Waals surface area contributed by atoms with E-state index in [1.807, 2.05) is 31.2 Å². The first-order valence-electron chi connectivity index (χ1n) is 9.86. The number of hydrogen-bond donors (Lipinski definition) is 2. The SMILES string of the molecule is Cc1ccc(-c2nc(CN=C(NCC(=O)N(C)C)NCC3CCCO3)co2)cc1. The van der Waals surface area contributed by atoms with Crippen LogP contribution in [0.2, 0.25) is 0 Å². The van der Waals surface area contributed by atoms with Crippen molar-refractivity contribution in [2.75, 3.05) is 33.8 Å². The van der Waals surface area contributed by atoms with Gasteiger partial charge in [0, 0.05) is 32.8 Å². The molecule has 8 nitrogen and oxygen atoms in total. The van der Waals surface area contributed by atoms with Gasteiger partial charge in [-0.25, -0.2) is 9.98 Å². The Morgan fingerprint density at radius 1 is 1.28 bits per heavy atom. The highest BCUT2D eigenvalue weighted by Crippen LogP contribution is 2.19. The van der Waals surface area contributed by atoms with E-state index in [4.69, 9.17) is 9.15 Å². The molecule has 0 spiro atoms. The van der Waals surface area contributed by atoms with Gasteiger partial charge >= 0.3 is 0 Å². The van der Waals surface area contributed by atoms with Crippen LogP contribution in [0.1, 0.15) is 24.1 Å². The molecule has 1 aromatic carbocycles. The average molecular weight is 399 g/mol. The summed E-state index contributed by atoms with van der Waals surface area (Å²) in [5, 5.41) is 6.33. The van der Waals surface area contributed by atoms with Crippen LogP contribution >= 0.6 is 0 Å². The van der Waals surface area contributed by atoms with Gasteiger partial charge in [-0.3, -0.25) is 4.79 Å². The molecular formula is C21H29N5O3. The molecule has 8 heteroatoms. The molecule has 3 rings (SSSR count). The fourth-order valence-corrected chi connectivity index (χ4v) is 2.88. The number of aryl methyl sites for hydroxylation is 1. The van der Waals surface area contributed by atoms with Crippen LogP contribution in [0.25, 0.3) is 11.5 Å². The van der Waals surface area contributed by atoms with Gasteiger partial charge in [-0.1, -0.05) is 17.7 Å². The summed E-state index contributed by atoms with van der Waals surface area (Å²) in [6.45, 7) is 3.99. The van der Waals surface area contributed by atoms with Crippen molar-refractivity contribution >= 4 is 11.9 Å². The first-order chi connectivity index (χ1) is 14.0. The summed E-state index contributed by atoms with van der Waals surface area (Å²) in [7, 11) is 3.45. The van der Waals surface area contributed by atoms with Gasteiger partial charge in [0.15, 0.2) is 5.96 Å². The van der Waals surface area contributed by atoms with Crippen molar-refractivity contribution in [3.63, 3.8) is 0 Å². The molecule has 2 heterocycles. The van der Waals surface area contributed by atoms with Gasteiger partial charge in [0.05, 0.1) is 19.2 Å². The van der Waals surface area contributed by atoms with E-state index in [1.165, 1.54) is 10.5 Å². The maximum Gasteiger partial charge on any atom is 0.241 e. The molecule has 1 saturated heterocycles. The number of carbonyl (C=O) groups is 1. The monoisotopic (exact) mass is 399 g/mol. The lowest BCUT2D eigenvalue weighted by Crippen LogP contribution is -2.45.